The van der Waals surface area contributed by atoms with E-state index in [1.165, 1.54) is 0 Å². The number of carbonyl (C=O) groups excluding carboxylic acids is 1. The lowest BCUT2D eigenvalue weighted by Crippen LogP contribution is -2.11. The van der Waals surface area contributed by atoms with Crippen molar-refractivity contribution in [1.29, 1.82) is 0 Å². The van der Waals surface area contributed by atoms with E-state index in [1.54, 1.807) is 6.08 Å². The number of aromatic nitrogens is 2. The summed E-state index contributed by atoms with van der Waals surface area (Å²) in [4.78, 5) is 11.2. The first-order chi connectivity index (χ1) is 6.93. The minimum absolute atomic E-state index is 0.00835. The monoisotopic (exact) mass is 207 g/mol. The molecule has 0 fully saturated rings. The van der Waals surface area contributed by atoms with Crippen molar-refractivity contribution >= 4 is 11.7 Å². The summed E-state index contributed by atoms with van der Waals surface area (Å²) in [6.07, 6.45) is 1.87. The Kier molecular flexibility index (Phi) is 3.29. The fourth-order valence-electron chi connectivity index (χ4n) is 1.09. The molecule has 1 amide bonds. The van der Waals surface area contributed by atoms with Gasteiger partial charge in [0.05, 0.1) is 0 Å². The van der Waals surface area contributed by atoms with E-state index in [9.17, 15) is 4.79 Å². The first-order valence-corrected chi connectivity index (χ1v) is 4.90. The SMILES string of the molecule is C=CCC(=O)Nc1cc(C(C)(C)C)[nH]n1. The summed E-state index contributed by atoms with van der Waals surface area (Å²) in [5.41, 5.74) is 1.01. The third-order valence-corrected chi connectivity index (χ3v) is 1.98. The van der Waals surface area contributed by atoms with Crippen LogP contribution in [-0.4, -0.2) is 16.1 Å². The molecule has 15 heavy (non-hydrogen) atoms. The average molecular weight is 207 g/mol. The Hall–Kier alpha value is -1.58. The number of nitrogens with one attached hydrogen (secondary N) is 2. The van der Waals surface area contributed by atoms with Crippen molar-refractivity contribution < 1.29 is 4.79 Å². The van der Waals surface area contributed by atoms with E-state index < -0.39 is 0 Å². The topological polar surface area (TPSA) is 57.8 Å². The molecule has 1 aromatic heterocycles. The molecule has 2 N–H and O–H groups in total. The molecule has 4 nitrogen and oxygen atoms in total. The summed E-state index contributed by atoms with van der Waals surface area (Å²) in [6.45, 7) is 9.74. The first kappa shape index (κ1) is 11.5. The van der Waals surface area contributed by atoms with Crippen LogP contribution < -0.4 is 5.32 Å². The molecule has 0 aliphatic heterocycles. The second-order valence-corrected chi connectivity index (χ2v) is 4.46. The summed E-state index contributed by atoms with van der Waals surface area (Å²) in [5.74, 6) is 0.462. The Bertz CT molecular complexity index is 360. The van der Waals surface area contributed by atoms with Gasteiger partial charge < -0.3 is 5.32 Å². The molecule has 4 heteroatoms. The predicted molar refractivity (Wildman–Crippen MR) is 60.7 cm³/mol. The van der Waals surface area contributed by atoms with Gasteiger partial charge in [0.15, 0.2) is 5.82 Å². The maximum atomic E-state index is 11.2. The molecular formula is C11H17N3O. The van der Waals surface area contributed by atoms with Crippen LogP contribution in [-0.2, 0) is 10.2 Å². The largest absolute Gasteiger partial charge is 0.309 e. The van der Waals surface area contributed by atoms with Crippen LogP contribution in [0.4, 0.5) is 5.82 Å². The fourth-order valence-corrected chi connectivity index (χ4v) is 1.09. The molecule has 0 atom stereocenters. The lowest BCUT2D eigenvalue weighted by molar-refractivity contribution is -0.115. The molecule has 1 rings (SSSR count). The highest BCUT2D eigenvalue weighted by Gasteiger charge is 2.16. The standard InChI is InChI=1S/C11H17N3O/c1-5-6-10(15)12-9-7-8(13-14-9)11(2,3)4/h5,7H,1,6H2,2-4H3,(H2,12,13,14,15). The van der Waals surface area contributed by atoms with E-state index in [-0.39, 0.29) is 11.3 Å². The highest BCUT2D eigenvalue weighted by molar-refractivity contribution is 5.90. The van der Waals surface area contributed by atoms with Crippen LogP contribution in [0.25, 0.3) is 0 Å². The van der Waals surface area contributed by atoms with Gasteiger partial charge in [0, 0.05) is 23.6 Å². The highest BCUT2D eigenvalue weighted by atomic mass is 16.1. The Morgan fingerprint density at radius 3 is 2.80 bits per heavy atom. The minimum Gasteiger partial charge on any atom is -0.309 e. The van der Waals surface area contributed by atoms with E-state index in [1.807, 2.05) is 6.07 Å². The van der Waals surface area contributed by atoms with E-state index >= 15 is 0 Å². The number of amides is 1. The van der Waals surface area contributed by atoms with Gasteiger partial charge in [0.25, 0.3) is 0 Å². The van der Waals surface area contributed by atoms with Crippen LogP contribution in [0.1, 0.15) is 32.9 Å². The van der Waals surface area contributed by atoms with Gasteiger partial charge in [-0.1, -0.05) is 26.8 Å². The molecule has 0 aliphatic carbocycles. The van der Waals surface area contributed by atoms with Crippen molar-refractivity contribution in [3.8, 4) is 0 Å². The van der Waals surface area contributed by atoms with E-state index in [0.29, 0.717) is 12.2 Å². The number of H-pyrrole nitrogens is 1. The van der Waals surface area contributed by atoms with Gasteiger partial charge >= 0.3 is 0 Å². The van der Waals surface area contributed by atoms with E-state index in [0.717, 1.165) is 5.69 Å². The van der Waals surface area contributed by atoms with Crippen molar-refractivity contribution in [2.75, 3.05) is 5.32 Å². The molecule has 82 valence electrons. The molecule has 0 saturated carbocycles. The zero-order valence-electron chi connectivity index (χ0n) is 9.42. The number of aromatic amines is 1. The van der Waals surface area contributed by atoms with Gasteiger partial charge in [0.2, 0.25) is 5.91 Å². The summed E-state index contributed by atoms with van der Waals surface area (Å²) in [5, 5.41) is 9.60. The van der Waals surface area contributed by atoms with Crippen LogP contribution in [0.2, 0.25) is 0 Å². The molecule has 0 bridgehead atoms. The van der Waals surface area contributed by atoms with E-state index in [4.69, 9.17) is 0 Å². The van der Waals surface area contributed by atoms with Gasteiger partial charge in [-0.25, -0.2) is 0 Å². The minimum atomic E-state index is -0.100. The number of anilines is 1. The van der Waals surface area contributed by atoms with Crippen LogP contribution in [0.3, 0.4) is 0 Å². The van der Waals surface area contributed by atoms with Gasteiger partial charge in [-0.3, -0.25) is 9.89 Å². The molecule has 0 aliphatic rings. The number of carbonyl (C=O) groups is 1. The smallest absolute Gasteiger partial charge is 0.229 e. The third kappa shape index (κ3) is 3.23. The molecular weight excluding hydrogens is 190 g/mol. The molecule has 0 unspecified atom stereocenters. The number of hydrogen-bond acceptors (Lipinski definition) is 2. The Morgan fingerprint density at radius 1 is 1.67 bits per heavy atom. The molecule has 1 heterocycles. The summed E-state index contributed by atoms with van der Waals surface area (Å²) >= 11 is 0. The normalized spacial score (nSPS) is 11.1. The second kappa shape index (κ2) is 4.29. The zero-order chi connectivity index (χ0) is 11.5. The highest BCUT2D eigenvalue weighted by Crippen LogP contribution is 2.21. The predicted octanol–water partition coefficient (Wildman–Crippen LogP) is 2.22. The maximum absolute atomic E-state index is 11.2. The Labute approximate surface area is 89.8 Å². The van der Waals surface area contributed by atoms with Crippen molar-refractivity contribution in [2.45, 2.75) is 32.6 Å². The van der Waals surface area contributed by atoms with Gasteiger partial charge in [-0.15, -0.1) is 6.58 Å². The Balaban J connectivity index is 2.69. The second-order valence-electron chi connectivity index (χ2n) is 4.46. The third-order valence-electron chi connectivity index (χ3n) is 1.98. The van der Waals surface area contributed by atoms with Gasteiger partial charge in [-0.05, 0) is 0 Å². The number of nitrogens with zero attached hydrogens (tertiary/aromatic N) is 1. The van der Waals surface area contributed by atoms with Crippen molar-refractivity contribution in [3.63, 3.8) is 0 Å². The van der Waals surface area contributed by atoms with E-state index in [2.05, 4.69) is 42.9 Å². The molecule has 0 spiro atoms. The fraction of sp³-hybridized carbons (Fsp3) is 0.455. The van der Waals surface area contributed by atoms with Gasteiger partial charge in [-0.2, -0.15) is 5.10 Å². The first-order valence-electron chi connectivity index (χ1n) is 4.90. The van der Waals surface area contributed by atoms with Crippen molar-refractivity contribution in [3.05, 3.63) is 24.4 Å². The molecule has 0 aromatic carbocycles. The average Bonchev–Trinajstić information content (AvgIpc) is 2.52. The van der Waals surface area contributed by atoms with Crippen LogP contribution in [0, 0.1) is 0 Å². The zero-order valence-corrected chi connectivity index (χ0v) is 9.42. The Morgan fingerprint density at radius 2 is 2.33 bits per heavy atom. The van der Waals surface area contributed by atoms with Crippen LogP contribution in [0.5, 0.6) is 0 Å². The van der Waals surface area contributed by atoms with Crippen LogP contribution >= 0.6 is 0 Å². The lowest BCUT2D eigenvalue weighted by atomic mass is 9.92. The molecule has 0 saturated heterocycles. The van der Waals surface area contributed by atoms with Crippen molar-refractivity contribution in [1.82, 2.24) is 10.2 Å². The maximum Gasteiger partial charge on any atom is 0.229 e. The van der Waals surface area contributed by atoms with Crippen molar-refractivity contribution in [2.24, 2.45) is 0 Å². The number of hydrogen-bond donors (Lipinski definition) is 2. The summed E-state index contributed by atoms with van der Waals surface area (Å²) in [6, 6.07) is 1.85. The number of rotatable bonds is 3. The van der Waals surface area contributed by atoms with Crippen LogP contribution in [0.15, 0.2) is 18.7 Å². The summed E-state index contributed by atoms with van der Waals surface area (Å²) < 4.78 is 0. The molecule has 0 radical (unpaired) electrons. The van der Waals surface area contributed by atoms with Gasteiger partial charge in [0.1, 0.15) is 0 Å². The lowest BCUT2D eigenvalue weighted by Gasteiger charge is -2.14. The quantitative estimate of drug-likeness (QED) is 0.747. The summed E-state index contributed by atoms with van der Waals surface area (Å²) in [7, 11) is 0. The molecule has 1 aromatic rings.